The van der Waals surface area contributed by atoms with Crippen LogP contribution in [-0.4, -0.2) is 39.8 Å². The van der Waals surface area contributed by atoms with E-state index >= 15 is 0 Å². The largest absolute Gasteiger partial charge is 0.367 e. The van der Waals surface area contributed by atoms with Gasteiger partial charge in [0.2, 0.25) is 0 Å². The Bertz CT molecular complexity index is 947. The molecule has 0 radical (unpaired) electrons. The SMILES string of the molecule is CSc1nccn1-c1cccc(C(=O)NCCNc2ncc(Cl)cc2Cl)c1. The summed E-state index contributed by atoms with van der Waals surface area (Å²) in [4.78, 5) is 20.8. The van der Waals surface area contributed by atoms with Crippen molar-refractivity contribution in [3.05, 3.63) is 64.5 Å². The van der Waals surface area contributed by atoms with Gasteiger partial charge in [-0.2, -0.15) is 0 Å². The smallest absolute Gasteiger partial charge is 0.251 e. The topological polar surface area (TPSA) is 71.8 Å². The van der Waals surface area contributed by atoms with E-state index in [0.717, 1.165) is 10.8 Å². The molecule has 2 aromatic heterocycles. The quantitative estimate of drug-likeness (QED) is 0.443. The first-order chi connectivity index (χ1) is 13.1. The second-order valence-electron chi connectivity index (χ2n) is 5.50. The number of benzene rings is 1. The van der Waals surface area contributed by atoms with E-state index in [-0.39, 0.29) is 5.91 Å². The van der Waals surface area contributed by atoms with Gasteiger partial charge in [-0.15, -0.1) is 0 Å². The van der Waals surface area contributed by atoms with Gasteiger partial charge >= 0.3 is 0 Å². The summed E-state index contributed by atoms with van der Waals surface area (Å²) in [6.45, 7) is 0.906. The number of nitrogens with zero attached hydrogens (tertiary/aromatic N) is 3. The van der Waals surface area contributed by atoms with Crippen molar-refractivity contribution in [1.29, 1.82) is 0 Å². The van der Waals surface area contributed by atoms with Crippen molar-refractivity contribution in [2.45, 2.75) is 5.16 Å². The van der Waals surface area contributed by atoms with Crippen molar-refractivity contribution >= 4 is 46.7 Å². The molecule has 3 rings (SSSR count). The summed E-state index contributed by atoms with van der Waals surface area (Å²) in [5, 5.41) is 7.71. The third-order valence-corrected chi connectivity index (χ3v) is 4.85. The zero-order valence-corrected chi connectivity index (χ0v) is 16.8. The van der Waals surface area contributed by atoms with Crippen LogP contribution in [0.25, 0.3) is 5.69 Å². The van der Waals surface area contributed by atoms with Crippen LogP contribution in [0.1, 0.15) is 10.4 Å². The lowest BCUT2D eigenvalue weighted by Gasteiger charge is -2.10. The van der Waals surface area contributed by atoms with Gasteiger partial charge in [-0.3, -0.25) is 9.36 Å². The summed E-state index contributed by atoms with van der Waals surface area (Å²) in [5.41, 5.74) is 1.47. The molecule has 0 aliphatic carbocycles. The molecule has 3 aromatic rings. The first-order valence-electron chi connectivity index (χ1n) is 8.09. The lowest BCUT2D eigenvalue weighted by molar-refractivity contribution is 0.0955. The molecule has 0 fully saturated rings. The number of imidazole rings is 1. The van der Waals surface area contributed by atoms with Gasteiger partial charge in [0.15, 0.2) is 5.16 Å². The Morgan fingerprint density at radius 3 is 2.85 bits per heavy atom. The molecule has 0 saturated heterocycles. The second-order valence-corrected chi connectivity index (χ2v) is 7.12. The molecule has 2 N–H and O–H groups in total. The number of rotatable bonds is 7. The average molecular weight is 422 g/mol. The van der Waals surface area contributed by atoms with Crippen molar-refractivity contribution in [3.8, 4) is 5.69 Å². The van der Waals surface area contributed by atoms with Gasteiger partial charge in [-0.25, -0.2) is 9.97 Å². The normalized spacial score (nSPS) is 10.6. The Labute approximate surface area is 171 Å². The van der Waals surface area contributed by atoms with E-state index in [4.69, 9.17) is 23.2 Å². The minimum Gasteiger partial charge on any atom is -0.367 e. The van der Waals surface area contributed by atoms with Gasteiger partial charge in [0.1, 0.15) is 5.82 Å². The van der Waals surface area contributed by atoms with Crippen molar-refractivity contribution in [2.75, 3.05) is 24.7 Å². The fourth-order valence-electron chi connectivity index (χ4n) is 2.44. The van der Waals surface area contributed by atoms with Gasteiger partial charge in [-0.05, 0) is 30.5 Å². The Kier molecular flexibility index (Phi) is 6.60. The molecule has 0 aliphatic rings. The summed E-state index contributed by atoms with van der Waals surface area (Å²) in [6.07, 6.45) is 7.08. The number of anilines is 1. The molecule has 2 heterocycles. The molecule has 1 aromatic carbocycles. The molecule has 140 valence electrons. The predicted molar refractivity (Wildman–Crippen MR) is 110 cm³/mol. The zero-order chi connectivity index (χ0) is 19.2. The van der Waals surface area contributed by atoms with Crippen LogP contribution in [0.3, 0.4) is 0 Å². The van der Waals surface area contributed by atoms with Crippen molar-refractivity contribution in [3.63, 3.8) is 0 Å². The van der Waals surface area contributed by atoms with Crippen LogP contribution in [0, 0.1) is 0 Å². The van der Waals surface area contributed by atoms with Gasteiger partial charge in [0, 0.05) is 42.9 Å². The fourth-order valence-corrected chi connectivity index (χ4v) is 3.41. The standard InChI is InChI=1S/C18H17Cl2N5OS/c1-27-18-23-7-8-25(18)14-4-2-3-12(9-14)17(26)22-6-5-21-16-15(20)10-13(19)11-24-16/h2-4,7-11H,5-6H2,1H3,(H,21,24)(H,22,26). The number of pyridine rings is 1. The molecule has 0 spiro atoms. The molecule has 27 heavy (non-hydrogen) atoms. The zero-order valence-electron chi connectivity index (χ0n) is 14.4. The summed E-state index contributed by atoms with van der Waals surface area (Å²) in [5.74, 6) is 0.377. The Morgan fingerprint density at radius 2 is 2.07 bits per heavy atom. The molecular formula is C18H17Cl2N5OS. The third-order valence-electron chi connectivity index (χ3n) is 3.69. The van der Waals surface area contributed by atoms with Gasteiger partial charge < -0.3 is 10.6 Å². The second kappa shape index (κ2) is 9.12. The molecule has 0 aliphatic heterocycles. The molecule has 0 bridgehead atoms. The van der Waals surface area contributed by atoms with Crippen LogP contribution in [0.2, 0.25) is 10.0 Å². The Morgan fingerprint density at radius 1 is 1.22 bits per heavy atom. The van der Waals surface area contributed by atoms with Crippen LogP contribution in [0.4, 0.5) is 5.82 Å². The molecule has 0 unspecified atom stereocenters. The summed E-state index contributed by atoms with van der Waals surface area (Å²) in [7, 11) is 0. The number of thioether (sulfide) groups is 1. The highest BCUT2D eigenvalue weighted by Gasteiger charge is 2.09. The van der Waals surface area contributed by atoms with Gasteiger partial charge in [0.05, 0.1) is 10.0 Å². The number of halogens is 2. The summed E-state index contributed by atoms with van der Waals surface area (Å²) in [6, 6.07) is 9.01. The van der Waals surface area contributed by atoms with Crippen molar-refractivity contribution < 1.29 is 4.79 Å². The van der Waals surface area contributed by atoms with Crippen molar-refractivity contribution in [2.24, 2.45) is 0 Å². The van der Waals surface area contributed by atoms with Gasteiger partial charge in [-0.1, -0.05) is 41.0 Å². The van der Waals surface area contributed by atoms with E-state index < -0.39 is 0 Å². The molecule has 9 heteroatoms. The highest BCUT2D eigenvalue weighted by atomic mass is 35.5. The lowest BCUT2D eigenvalue weighted by atomic mass is 10.2. The number of aromatic nitrogens is 3. The number of carbonyl (C=O) groups is 1. The number of carbonyl (C=O) groups excluding carboxylic acids is 1. The maximum absolute atomic E-state index is 12.4. The van der Waals surface area contributed by atoms with E-state index in [2.05, 4.69) is 20.6 Å². The minimum absolute atomic E-state index is 0.153. The van der Waals surface area contributed by atoms with Crippen molar-refractivity contribution in [1.82, 2.24) is 19.9 Å². The molecule has 0 atom stereocenters. The lowest BCUT2D eigenvalue weighted by Crippen LogP contribution is -2.29. The van der Waals surface area contributed by atoms with E-state index in [0.29, 0.717) is 34.5 Å². The average Bonchev–Trinajstić information content (AvgIpc) is 3.15. The van der Waals surface area contributed by atoms with Crippen LogP contribution in [-0.2, 0) is 0 Å². The molecule has 6 nitrogen and oxygen atoms in total. The molecule has 1 amide bonds. The Hall–Kier alpha value is -2.22. The number of amides is 1. The fraction of sp³-hybridized carbons (Fsp3) is 0.167. The van der Waals surface area contributed by atoms with Crippen LogP contribution >= 0.6 is 35.0 Å². The van der Waals surface area contributed by atoms with Crippen LogP contribution in [0.15, 0.2) is 54.1 Å². The van der Waals surface area contributed by atoms with E-state index in [1.54, 1.807) is 30.1 Å². The van der Waals surface area contributed by atoms with Gasteiger partial charge in [0.25, 0.3) is 5.91 Å². The number of nitrogens with one attached hydrogen (secondary N) is 2. The molecule has 0 saturated carbocycles. The first-order valence-corrected chi connectivity index (χ1v) is 10.1. The predicted octanol–water partition coefficient (Wildman–Crippen LogP) is 4.14. The monoisotopic (exact) mass is 421 g/mol. The summed E-state index contributed by atoms with van der Waals surface area (Å²) < 4.78 is 1.94. The third kappa shape index (κ3) is 4.94. The van der Waals surface area contributed by atoms with Crippen LogP contribution < -0.4 is 10.6 Å². The minimum atomic E-state index is -0.153. The highest BCUT2D eigenvalue weighted by Crippen LogP contribution is 2.22. The Balaban J connectivity index is 1.57. The van der Waals surface area contributed by atoms with E-state index in [9.17, 15) is 4.79 Å². The maximum atomic E-state index is 12.4. The number of hydrogen-bond acceptors (Lipinski definition) is 5. The van der Waals surface area contributed by atoms with Crippen LogP contribution in [0.5, 0.6) is 0 Å². The number of hydrogen-bond donors (Lipinski definition) is 2. The summed E-state index contributed by atoms with van der Waals surface area (Å²) >= 11 is 13.4. The van der Waals surface area contributed by atoms with E-state index in [1.165, 1.54) is 6.20 Å². The first kappa shape index (κ1) is 19.5. The maximum Gasteiger partial charge on any atom is 0.251 e. The molecular weight excluding hydrogens is 405 g/mol. The van der Waals surface area contributed by atoms with E-state index in [1.807, 2.05) is 35.2 Å². The highest BCUT2D eigenvalue weighted by molar-refractivity contribution is 7.98.